The topological polar surface area (TPSA) is 73.0 Å². The molecule has 0 aliphatic carbocycles. The van der Waals surface area contributed by atoms with E-state index in [-0.39, 0.29) is 5.56 Å². The van der Waals surface area contributed by atoms with Gasteiger partial charge in [0.15, 0.2) is 12.2 Å². The van der Waals surface area contributed by atoms with E-state index in [0.717, 1.165) is 15.6 Å². The lowest BCUT2D eigenvalue weighted by molar-refractivity contribution is 0.572. The van der Waals surface area contributed by atoms with Gasteiger partial charge < -0.3 is 9.73 Å². The standard InChI is InChI=1S/C21H17BrN4O2/c1-2-24-19-11-18(25-26(21(19)27)17-6-4-3-5-7-17)14-8-15(10-16(22)9-14)20-12-23-13-28-20/h3-13,24H,2H2,1H3. The van der Waals surface area contributed by atoms with Crippen molar-refractivity contribution in [1.29, 1.82) is 0 Å². The molecule has 7 heteroatoms. The molecule has 2 aromatic heterocycles. The van der Waals surface area contributed by atoms with Crippen molar-refractivity contribution >= 4 is 21.6 Å². The van der Waals surface area contributed by atoms with E-state index in [2.05, 4.69) is 31.3 Å². The van der Waals surface area contributed by atoms with E-state index in [9.17, 15) is 4.79 Å². The Morgan fingerprint density at radius 1 is 1.11 bits per heavy atom. The van der Waals surface area contributed by atoms with E-state index in [4.69, 9.17) is 4.42 Å². The molecule has 0 bridgehead atoms. The second-order valence-electron chi connectivity index (χ2n) is 6.12. The number of nitrogens with one attached hydrogen (secondary N) is 1. The van der Waals surface area contributed by atoms with Crippen LogP contribution in [0.15, 0.2) is 80.9 Å². The molecule has 2 aromatic carbocycles. The van der Waals surface area contributed by atoms with Gasteiger partial charge in [-0.1, -0.05) is 34.1 Å². The SMILES string of the molecule is CCNc1cc(-c2cc(Br)cc(-c3cnco3)c2)nn(-c2ccccc2)c1=O. The van der Waals surface area contributed by atoms with Crippen LogP contribution < -0.4 is 10.9 Å². The van der Waals surface area contributed by atoms with Gasteiger partial charge >= 0.3 is 0 Å². The molecule has 0 aliphatic heterocycles. The molecule has 0 aliphatic rings. The summed E-state index contributed by atoms with van der Waals surface area (Å²) in [6.45, 7) is 2.59. The second kappa shape index (κ2) is 7.82. The Morgan fingerprint density at radius 3 is 2.61 bits per heavy atom. The average Bonchev–Trinajstić information content (AvgIpc) is 3.25. The molecule has 0 amide bonds. The van der Waals surface area contributed by atoms with Gasteiger partial charge in [0.2, 0.25) is 0 Å². The Bertz CT molecular complexity index is 1160. The Morgan fingerprint density at radius 2 is 1.89 bits per heavy atom. The van der Waals surface area contributed by atoms with Crippen LogP contribution in [0.5, 0.6) is 0 Å². The van der Waals surface area contributed by atoms with Gasteiger partial charge in [0.25, 0.3) is 5.56 Å². The molecule has 0 spiro atoms. The van der Waals surface area contributed by atoms with Crippen LogP contribution in [0.1, 0.15) is 6.92 Å². The van der Waals surface area contributed by atoms with E-state index >= 15 is 0 Å². The maximum Gasteiger partial charge on any atom is 0.294 e. The van der Waals surface area contributed by atoms with Gasteiger partial charge in [-0.25, -0.2) is 4.98 Å². The molecule has 1 N–H and O–H groups in total. The van der Waals surface area contributed by atoms with Crippen molar-refractivity contribution in [1.82, 2.24) is 14.8 Å². The molecule has 0 radical (unpaired) electrons. The highest BCUT2D eigenvalue weighted by Gasteiger charge is 2.13. The van der Waals surface area contributed by atoms with Gasteiger partial charge in [-0.2, -0.15) is 9.78 Å². The Balaban J connectivity index is 1.91. The zero-order valence-corrected chi connectivity index (χ0v) is 16.7. The Labute approximate surface area is 170 Å². The smallest absolute Gasteiger partial charge is 0.294 e. The summed E-state index contributed by atoms with van der Waals surface area (Å²) in [5.74, 6) is 0.658. The highest BCUT2D eigenvalue weighted by atomic mass is 79.9. The first-order valence-corrected chi connectivity index (χ1v) is 9.58. The molecular formula is C21H17BrN4O2. The van der Waals surface area contributed by atoms with Crippen molar-refractivity contribution in [3.05, 3.63) is 82.0 Å². The first kappa shape index (κ1) is 18.2. The fraction of sp³-hybridized carbons (Fsp3) is 0.0952. The minimum Gasteiger partial charge on any atom is -0.444 e. The monoisotopic (exact) mass is 436 g/mol. The number of para-hydroxylation sites is 1. The highest BCUT2D eigenvalue weighted by molar-refractivity contribution is 9.10. The molecule has 0 fully saturated rings. The average molecular weight is 437 g/mol. The summed E-state index contributed by atoms with van der Waals surface area (Å²) in [7, 11) is 0. The molecular weight excluding hydrogens is 420 g/mol. The highest BCUT2D eigenvalue weighted by Crippen LogP contribution is 2.30. The van der Waals surface area contributed by atoms with Gasteiger partial charge in [-0.3, -0.25) is 4.79 Å². The van der Waals surface area contributed by atoms with Crippen molar-refractivity contribution in [3.8, 4) is 28.3 Å². The Hall–Kier alpha value is -3.19. The summed E-state index contributed by atoms with van der Waals surface area (Å²) in [4.78, 5) is 16.9. The van der Waals surface area contributed by atoms with E-state index in [0.29, 0.717) is 29.4 Å². The number of rotatable bonds is 5. The summed E-state index contributed by atoms with van der Waals surface area (Å²) in [5.41, 5.74) is 3.40. The van der Waals surface area contributed by atoms with Crippen LogP contribution in [0.3, 0.4) is 0 Å². The third-order valence-corrected chi connectivity index (χ3v) is 4.65. The van der Waals surface area contributed by atoms with Gasteiger partial charge in [-0.15, -0.1) is 0 Å². The van der Waals surface area contributed by atoms with Gasteiger partial charge in [-0.05, 0) is 43.3 Å². The number of hydrogen-bond acceptors (Lipinski definition) is 5. The van der Waals surface area contributed by atoms with Gasteiger partial charge in [0.1, 0.15) is 5.69 Å². The first-order chi connectivity index (χ1) is 13.7. The summed E-state index contributed by atoms with van der Waals surface area (Å²) >= 11 is 3.55. The quantitative estimate of drug-likeness (QED) is 0.488. The fourth-order valence-electron chi connectivity index (χ4n) is 2.94. The molecule has 140 valence electrons. The van der Waals surface area contributed by atoms with Crippen molar-refractivity contribution < 1.29 is 4.42 Å². The number of nitrogens with zero attached hydrogens (tertiary/aromatic N) is 3. The predicted octanol–water partition coefficient (Wildman–Crippen LogP) is 4.75. The van der Waals surface area contributed by atoms with E-state index < -0.39 is 0 Å². The van der Waals surface area contributed by atoms with E-state index in [1.807, 2.05) is 55.5 Å². The zero-order valence-electron chi connectivity index (χ0n) is 15.1. The minimum atomic E-state index is -0.192. The molecule has 0 atom stereocenters. The molecule has 0 unspecified atom stereocenters. The first-order valence-electron chi connectivity index (χ1n) is 8.79. The number of aromatic nitrogens is 3. The fourth-order valence-corrected chi connectivity index (χ4v) is 3.43. The molecule has 4 rings (SSSR count). The van der Waals surface area contributed by atoms with Crippen LogP contribution in [0.25, 0.3) is 28.3 Å². The molecule has 28 heavy (non-hydrogen) atoms. The van der Waals surface area contributed by atoms with Crippen molar-refractivity contribution in [3.63, 3.8) is 0 Å². The van der Waals surface area contributed by atoms with Crippen molar-refractivity contribution in [2.24, 2.45) is 0 Å². The summed E-state index contributed by atoms with van der Waals surface area (Å²) in [6.07, 6.45) is 3.06. The number of hydrogen-bond donors (Lipinski definition) is 1. The normalized spacial score (nSPS) is 10.8. The molecule has 6 nitrogen and oxygen atoms in total. The van der Waals surface area contributed by atoms with Crippen LogP contribution >= 0.6 is 15.9 Å². The van der Waals surface area contributed by atoms with Gasteiger partial charge in [0.05, 0.1) is 17.6 Å². The number of anilines is 1. The summed E-state index contributed by atoms with van der Waals surface area (Å²) in [5, 5.41) is 7.76. The molecule has 0 saturated heterocycles. The third kappa shape index (κ3) is 3.61. The van der Waals surface area contributed by atoms with Crippen LogP contribution in [0, 0.1) is 0 Å². The van der Waals surface area contributed by atoms with Crippen molar-refractivity contribution in [2.45, 2.75) is 6.92 Å². The molecule has 0 saturated carbocycles. The third-order valence-electron chi connectivity index (χ3n) is 4.19. The van der Waals surface area contributed by atoms with E-state index in [1.54, 1.807) is 12.3 Å². The lowest BCUT2D eigenvalue weighted by Crippen LogP contribution is -2.25. The second-order valence-corrected chi connectivity index (χ2v) is 7.04. The zero-order chi connectivity index (χ0) is 19.5. The van der Waals surface area contributed by atoms with E-state index in [1.165, 1.54) is 11.1 Å². The maximum atomic E-state index is 12.9. The molecule has 2 heterocycles. The van der Waals surface area contributed by atoms with Crippen LogP contribution in [-0.4, -0.2) is 21.3 Å². The van der Waals surface area contributed by atoms with Gasteiger partial charge in [0, 0.05) is 22.1 Å². The molecule has 4 aromatic rings. The predicted molar refractivity (Wildman–Crippen MR) is 113 cm³/mol. The Kier molecular flexibility index (Phi) is 5.08. The largest absolute Gasteiger partial charge is 0.444 e. The summed E-state index contributed by atoms with van der Waals surface area (Å²) in [6, 6.07) is 17.0. The lowest BCUT2D eigenvalue weighted by atomic mass is 10.1. The number of benzene rings is 2. The minimum absolute atomic E-state index is 0.192. The van der Waals surface area contributed by atoms with Crippen LogP contribution in [-0.2, 0) is 0 Å². The number of halogens is 1. The number of oxazole rings is 1. The van der Waals surface area contributed by atoms with Crippen LogP contribution in [0.2, 0.25) is 0 Å². The van der Waals surface area contributed by atoms with Crippen LogP contribution in [0.4, 0.5) is 5.69 Å². The van der Waals surface area contributed by atoms with Crippen molar-refractivity contribution in [2.75, 3.05) is 11.9 Å². The maximum absolute atomic E-state index is 12.9. The lowest BCUT2D eigenvalue weighted by Gasteiger charge is -2.12. The summed E-state index contributed by atoms with van der Waals surface area (Å²) < 4.78 is 7.71.